The van der Waals surface area contributed by atoms with Crippen LogP contribution < -0.4 is 4.57 Å². The lowest BCUT2D eigenvalue weighted by molar-refractivity contribution is -0.686. The van der Waals surface area contributed by atoms with Gasteiger partial charge in [0.05, 0.1) is 14.1 Å². The van der Waals surface area contributed by atoms with Crippen LogP contribution in [0.2, 0.25) is 0 Å². The second-order valence-corrected chi connectivity index (χ2v) is 4.50. The summed E-state index contributed by atoms with van der Waals surface area (Å²) in [6.45, 7) is 2.25. The molecule has 4 heteroatoms. The van der Waals surface area contributed by atoms with Gasteiger partial charge in [-0.3, -0.25) is 0 Å². The summed E-state index contributed by atoms with van der Waals surface area (Å²) in [7, 11) is 4.05. The first-order valence-electron chi connectivity index (χ1n) is 5.80. The maximum atomic E-state index is 5.17. The predicted molar refractivity (Wildman–Crippen MR) is 64.2 cm³/mol. The number of aromatic amines is 1. The summed E-state index contributed by atoms with van der Waals surface area (Å²) < 4.78 is 4.90. The molecule has 0 fully saturated rings. The molecule has 1 heterocycles. The van der Waals surface area contributed by atoms with Crippen molar-refractivity contribution in [3.8, 4) is 0 Å². The fraction of sp³-hybridized carbons (Fsp3) is 0.818. The molecule has 0 aliphatic carbocycles. The first kappa shape index (κ1) is 12.4. The summed E-state index contributed by atoms with van der Waals surface area (Å²) in [6, 6.07) is 0. The van der Waals surface area contributed by atoms with Crippen LogP contribution >= 0.6 is 12.2 Å². The number of rotatable bonds is 6. The summed E-state index contributed by atoms with van der Waals surface area (Å²) in [5, 5.41) is 3.12. The Morgan fingerprint density at radius 2 is 1.93 bits per heavy atom. The van der Waals surface area contributed by atoms with Crippen molar-refractivity contribution in [1.29, 1.82) is 0 Å². The topological polar surface area (TPSA) is 24.6 Å². The van der Waals surface area contributed by atoms with Gasteiger partial charge in [0.2, 0.25) is 5.82 Å². The zero-order chi connectivity index (χ0) is 11.3. The number of nitrogens with one attached hydrogen (secondary N) is 1. The van der Waals surface area contributed by atoms with Crippen molar-refractivity contribution in [1.82, 2.24) is 9.78 Å². The summed E-state index contributed by atoms with van der Waals surface area (Å²) in [6.07, 6.45) is 7.72. The molecule has 0 aliphatic rings. The molecule has 0 saturated carbocycles. The molecule has 0 unspecified atom stereocenters. The van der Waals surface area contributed by atoms with Gasteiger partial charge >= 0.3 is 4.77 Å². The van der Waals surface area contributed by atoms with Crippen molar-refractivity contribution in [2.45, 2.75) is 45.4 Å². The molecule has 0 atom stereocenters. The standard InChI is InChI=1S/C11H21N3S/c1-4-5-6-7-8-9-10-13(2)11(15)12-14(10)3/h4-9H2,1-3H3/p+1. The maximum Gasteiger partial charge on any atom is 0.323 e. The van der Waals surface area contributed by atoms with Crippen LogP contribution in [0.5, 0.6) is 0 Å². The predicted octanol–water partition coefficient (Wildman–Crippen LogP) is 2.42. The van der Waals surface area contributed by atoms with E-state index in [1.165, 1.54) is 37.9 Å². The molecule has 15 heavy (non-hydrogen) atoms. The molecule has 0 saturated heterocycles. The van der Waals surface area contributed by atoms with Gasteiger partial charge in [-0.2, -0.15) is 4.68 Å². The fourth-order valence-corrected chi connectivity index (χ4v) is 2.09. The highest BCUT2D eigenvalue weighted by Gasteiger charge is 2.11. The maximum absolute atomic E-state index is 5.17. The molecule has 86 valence electrons. The van der Waals surface area contributed by atoms with Crippen LogP contribution in [0, 0.1) is 4.77 Å². The summed E-state index contributed by atoms with van der Waals surface area (Å²) >= 11 is 5.17. The molecule has 0 radical (unpaired) electrons. The fourth-order valence-electron chi connectivity index (χ4n) is 1.85. The molecule has 0 aliphatic heterocycles. The highest BCUT2D eigenvalue weighted by Crippen LogP contribution is 2.05. The molecule has 0 amide bonds. The van der Waals surface area contributed by atoms with Crippen LogP contribution in [0.25, 0.3) is 0 Å². The number of unbranched alkanes of at least 4 members (excludes halogenated alkanes) is 4. The van der Waals surface area contributed by atoms with E-state index >= 15 is 0 Å². The van der Waals surface area contributed by atoms with Gasteiger partial charge < -0.3 is 0 Å². The Labute approximate surface area is 97.1 Å². The van der Waals surface area contributed by atoms with Crippen molar-refractivity contribution in [3.63, 3.8) is 0 Å². The van der Waals surface area contributed by atoms with E-state index in [9.17, 15) is 0 Å². The second kappa shape index (κ2) is 6.05. The molecule has 1 N–H and O–H groups in total. The Kier molecular flexibility index (Phi) is 5.02. The smallest absolute Gasteiger partial charge is 0.225 e. The van der Waals surface area contributed by atoms with Gasteiger partial charge in [0.15, 0.2) is 0 Å². The van der Waals surface area contributed by atoms with Gasteiger partial charge in [-0.25, -0.2) is 4.57 Å². The Bertz CT molecular complexity index is 351. The molecular formula is C11H22N3S+. The van der Waals surface area contributed by atoms with E-state index in [1.807, 2.05) is 18.8 Å². The third-order valence-corrected chi connectivity index (χ3v) is 3.21. The van der Waals surface area contributed by atoms with Crippen molar-refractivity contribution >= 4 is 12.2 Å². The number of hydrogen-bond donors (Lipinski definition) is 1. The van der Waals surface area contributed by atoms with Crippen LogP contribution in [0.3, 0.4) is 0 Å². The zero-order valence-electron chi connectivity index (χ0n) is 10.0. The summed E-state index contributed by atoms with van der Waals surface area (Å²) in [5.74, 6) is 1.29. The third-order valence-electron chi connectivity index (χ3n) is 2.85. The average molecular weight is 228 g/mol. The Balaban J connectivity index is 2.40. The molecule has 3 nitrogen and oxygen atoms in total. The van der Waals surface area contributed by atoms with Crippen LogP contribution in [-0.2, 0) is 20.5 Å². The van der Waals surface area contributed by atoms with Crippen LogP contribution in [0.4, 0.5) is 0 Å². The number of nitrogens with zero attached hydrogens (tertiary/aromatic N) is 2. The highest BCUT2D eigenvalue weighted by atomic mass is 32.1. The Hall–Kier alpha value is -0.640. The molecular weight excluding hydrogens is 206 g/mol. The molecule has 1 rings (SSSR count). The number of H-pyrrole nitrogens is 1. The molecule has 1 aromatic rings. The van der Waals surface area contributed by atoms with E-state index in [-0.39, 0.29) is 0 Å². The first-order valence-corrected chi connectivity index (χ1v) is 6.21. The van der Waals surface area contributed by atoms with Gasteiger partial charge in [0.25, 0.3) is 0 Å². The molecule has 0 aromatic carbocycles. The van der Waals surface area contributed by atoms with Gasteiger partial charge in [0.1, 0.15) is 0 Å². The van der Waals surface area contributed by atoms with E-state index in [2.05, 4.69) is 16.6 Å². The first-order chi connectivity index (χ1) is 7.16. The number of aryl methyl sites for hydroxylation is 1. The van der Waals surface area contributed by atoms with Crippen molar-refractivity contribution in [3.05, 3.63) is 10.6 Å². The van der Waals surface area contributed by atoms with E-state index in [0.29, 0.717) is 0 Å². The Morgan fingerprint density at radius 3 is 2.47 bits per heavy atom. The van der Waals surface area contributed by atoms with E-state index < -0.39 is 0 Å². The average Bonchev–Trinajstić information content (AvgIpc) is 2.44. The van der Waals surface area contributed by atoms with Crippen LogP contribution in [0.1, 0.15) is 44.9 Å². The van der Waals surface area contributed by atoms with Crippen molar-refractivity contribution in [2.24, 2.45) is 14.1 Å². The van der Waals surface area contributed by atoms with Crippen molar-refractivity contribution < 1.29 is 4.57 Å². The highest BCUT2D eigenvalue weighted by molar-refractivity contribution is 7.71. The number of hydrogen-bond acceptors (Lipinski definition) is 1. The van der Waals surface area contributed by atoms with Gasteiger partial charge in [-0.15, -0.1) is 5.10 Å². The van der Waals surface area contributed by atoms with Gasteiger partial charge in [0, 0.05) is 6.42 Å². The summed E-state index contributed by atoms with van der Waals surface area (Å²) in [5.41, 5.74) is 0. The van der Waals surface area contributed by atoms with E-state index in [0.717, 1.165) is 11.2 Å². The third kappa shape index (κ3) is 3.45. The SMILES string of the molecule is CCCCCCCc1n(C)[nH]c(=S)[n+]1C. The lowest BCUT2D eigenvalue weighted by Gasteiger charge is -1.99. The van der Waals surface area contributed by atoms with Gasteiger partial charge in [-0.1, -0.05) is 32.6 Å². The molecule has 0 bridgehead atoms. The Morgan fingerprint density at radius 1 is 1.27 bits per heavy atom. The zero-order valence-corrected chi connectivity index (χ0v) is 10.9. The second-order valence-electron chi connectivity index (χ2n) is 4.12. The van der Waals surface area contributed by atoms with Crippen LogP contribution in [0.15, 0.2) is 0 Å². The minimum absolute atomic E-state index is 0.807. The largest absolute Gasteiger partial charge is 0.323 e. The molecule has 0 spiro atoms. The van der Waals surface area contributed by atoms with E-state index in [4.69, 9.17) is 12.2 Å². The van der Waals surface area contributed by atoms with Gasteiger partial charge in [-0.05, 0) is 18.6 Å². The summed E-state index contributed by atoms with van der Waals surface area (Å²) in [4.78, 5) is 0. The number of aromatic nitrogens is 3. The minimum Gasteiger partial charge on any atom is -0.225 e. The lowest BCUT2D eigenvalue weighted by atomic mass is 10.1. The quantitative estimate of drug-likeness (QED) is 0.451. The molecule has 1 aromatic heterocycles. The van der Waals surface area contributed by atoms with E-state index in [1.54, 1.807) is 0 Å². The minimum atomic E-state index is 0.807. The monoisotopic (exact) mass is 228 g/mol. The normalized spacial score (nSPS) is 10.9. The van der Waals surface area contributed by atoms with Crippen LogP contribution in [-0.4, -0.2) is 9.78 Å². The lowest BCUT2D eigenvalue weighted by Crippen LogP contribution is -2.33. The van der Waals surface area contributed by atoms with Crippen molar-refractivity contribution in [2.75, 3.05) is 0 Å².